The van der Waals surface area contributed by atoms with E-state index < -0.39 is 0 Å². The van der Waals surface area contributed by atoms with Crippen LogP contribution in [0.1, 0.15) is 5.56 Å². The maximum Gasteiger partial charge on any atom is 0.224 e. The molecule has 96 valence electrons. The van der Waals surface area contributed by atoms with Gasteiger partial charge < -0.3 is 5.73 Å². The summed E-state index contributed by atoms with van der Waals surface area (Å²) >= 11 is 1.49. The molecule has 5 nitrogen and oxygen atoms in total. The van der Waals surface area contributed by atoms with Gasteiger partial charge in [-0.15, -0.1) is 0 Å². The fourth-order valence-electron chi connectivity index (χ4n) is 1.88. The van der Waals surface area contributed by atoms with Crippen molar-refractivity contribution in [3.63, 3.8) is 0 Å². The number of aromatic nitrogens is 4. The lowest BCUT2D eigenvalue weighted by Gasteiger charge is -2.00. The van der Waals surface area contributed by atoms with Crippen LogP contribution in [0.3, 0.4) is 0 Å². The van der Waals surface area contributed by atoms with E-state index in [-0.39, 0.29) is 5.95 Å². The molecule has 6 heteroatoms. The van der Waals surface area contributed by atoms with Crippen molar-refractivity contribution in [1.82, 2.24) is 19.6 Å². The third kappa shape index (κ3) is 2.15. The Kier molecular flexibility index (Phi) is 2.87. The second kappa shape index (κ2) is 4.55. The van der Waals surface area contributed by atoms with Crippen molar-refractivity contribution >= 4 is 23.4 Å². The molecule has 0 radical (unpaired) electrons. The molecule has 0 fully saturated rings. The van der Waals surface area contributed by atoms with Crippen LogP contribution in [-0.4, -0.2) is 25.8 Å². The van der Waals surface area contributed by atoms with Gasteiger partial charge in [-0.05, 0) is 13.2 Å². The zero-order valence-corrected chi connectivity index (χ0v) is 11.5. The lowest BCUT2D eigenvalue weighted by atomic mass is 10.1. The third-order valence-electron chi connectivity index (χ3n) is 2.84. The van der Waals surface area contributed by atoms with E-state index in [0.29, 0.717) is 5.65 Å². The van der Waals surface area contributed by atoms with E-state index in [0.717, 1.165) is 16.4 Å². The van der Waals surface area contributed by atoms with Crippen molar-refractivity contribution in [3.05, 3.63) is 35.9 Å². The Labute approximate surface area is 114 Å². The van der Waals surface area contributed by atoms with Gasteiger partial charge in [0, 0.05) is 11.6 Å². The molecule has 0 bridgehead atoms. The van der Waals surface area contributed by atoms with Crippen molar-refractivity contribution in [2.45, 2.75) is 12.1 Å². The molecule has 0 aliphatic heterocycles. The van der Waals surface area contributed by atoms with Gasteiger partial charge in [-0.2, -0.15) is 19.6 Å². The van der Waals surface area contributed by atoms with E-state index in [1.54, 1.807) is 4.52 Å². The predicted octanol–water partition coefficient (Wildman–Crippen LogP) is 2.40. The number of anilines is 1. The molecule has 0 aliphatic carbocycles. The topological polar surface area (TPSA) is 69.1 Å². The number of rotatable bonds is 2. The Morgan fingerprint density at radius 3 is 2.58 bits per heavy atom. The molecule has 1 aromatic carbocycles. The number of benzene rings is 1. The summed E-state index contributed by atoms with van der Waals surface area (Å²) in [6.07, 6.45) is 1.94. The molecule has 0 amide bonds. The Bertz CT molecular complexity index is 733. The number of hydrogen-bond acceptors (Lipinski definition) is 5. The molecule has 19 heavy (non-hydrogen) atoms. The van der Waals surface area contributed by atoms with Gasteiger partial charge in [0.1, 0.15) is 0 Å². The van der Waals surface area contributed by atoms with Gasteiger partial charge in [0.05, 0.1) is 5.69 Å². The molecule has 2 N–H and O–H groups in total. The largest absolute Gasteiger partial charge is 0.368 e. The summed E-state index contributed by atoms with van der Waals surface area (Å²) in [6.45, 7) is 2.06. The van der Waals surface area contributed by atoms with Crippen LogP contribution in [0, 0.1) is 6.92 Å². The molecule has 0 spiro atoms. The summed E-state index contributed by atoms with van der Waals surface area (Å²) in [6, 6.07) is 10.1. The van der Waals surface area contributed by atoms with Gasteiger partial charge in [0.25, 0.3) is 0 Å². The molecule has 0 unspecified atom stereocenters. The van der Waals surface area contributed by atoms with E-state index >= 15 is 0 Å². The van der Waals surface area contributed by atoms with Gasteiger partial charge in [-0.25, -0.2) is 0 Å². The first-order valence-electron chi connectivity index (χ1n) is 5.82. The van der Waals surface area contributed by atoms with Crippen molar-refractivity contribution in [2.24, 2.45) is 0 Å². The Morgan fingerprint density at radius 1 is 1.16 bits per heavy atom. The minimum Gasteiger partial charge on any atom is -0.368 e. The molecule has 2 aromatic heterocycles. The average molecular weight is 271 g/mol. The van der Waals surface area contributed by atoms with Crippen molar-refractivity contribution in [2.75, 3.05) is 12.0 Å². The Hall–Kier alpha value is -2.08. The van der Waals surface area contributed by atoms with E-state index in [1.807, 2.05) is 24.5 Å². The highest BCUT2D eigenvalue weighted by atomic mass is 32.2. The first-order valence-corrected chi connectivity index (χ1v) is 7.04. The van der Waals surface area contributed by atoms with Crippen LogP contribution < -0.4 is 5.73 Å². The monoisotopic (exact) mass is 271 g/mol. The van der Waals surface area contributed by atoms with Gasteiger partial charge in [-0.1, -0.05) is 41.6 Å². The Morgan fingerprint density at radius 2 is 1.89 bits per heavy atom. The molecule has 0 saturated heterocycles. The van der Waals surface area contributed by atoms with Crippen LogP contribution in [0.5, 0.6) is 0 Å². The standard InChI is InChI=1S/C13H13N5S/c1-8-3-5-9(6-4-8)10-7-11-15-12(14)16-13(19-2)18(11)17-10/h3-7H,1-2H3,(H2,14,15). The van der Waals surface area contributed by atoms with E-state index in [2.05, 4.69) is 34.1 Å². The van der Waals surface area contributed by atoms with Crippen LogP contribution in [0.4, 0.5) is 5.95 Å². The maximum atomic E-state index is 5.69. The lowest BCUT2D eigenvalue weighted by molar-refractivity contribution is 0.781. The normalized spacial score (nSPS) is 11.1. The van der Waals surface area contributed by atoms with Gasteiger partial charge in [0.2, 0.25) is 5.95 Å². The molecular weight excluding hydrogens is 258 g/mol. The summed E-state index contributed by atoms with van der Waals surface area (Å²) in [7, 11) is 0. The number of nitrogens with two attached hydrogens (primary N) is 1. The molecule has 0 atom stereocenters. The predicted molar refractivity (Wildman–Crippen MR) is 77.1 cm³/mol. The number of hydrogen-bond donors (Lipinski definition) is 1. The summed E-state index contributed by atoms with van der Waals surface area (Å²) in [4.78, 5) is 8.37. The smallest absolute Gasteiger partial charge is 0.224 e. The summed E-state index contributed by atoms with van der Waals surface area (Å²) in [5, 5.41) is 5.28. The fraction of sp³-hybridized carbons (Fsp3) is 0.154. The van der Waals surface area contributed by atoms with Crippen LogP contribution in [0.15, 0.2) is 35.5 Å². The van der Waals surface area contributed by atoms with Crippen molar-refractivity contribution in [1.29, 1.82) is 0 Å². The first kappa shape index (κ1) is 12.0. The minimum absolute atomic E-state index is 0.271. The average Bonchev–Trinajstić information content (AvgIpc) is 2.82. The van der Waals surface area contributed by atoms with Crippen LogP contribution in [0.2, 0.25) is 0 Å². The fourth-order valence-corrected chi connectivity index (χ4v) is 2.37. The number of nitrogens with zero attached hydrogens (tertiary/aromatic N) is 4. The summed E-state index contributed by atoms with van der Waals surface area (Å²) < 4.78 is 1.72. The van der Waals surface area contributed by atoms with Crippen LogP contribution in [-0.2, 0) is 0 Å². The second-order valence-electron chi connectivity index (χ2n) is 4.23. The highest BCUT2D eigenvalue weighted by Gasteiger charge is 2.10. The SMILES string of the molecule is CSc1nc(N)nc2cc(-c3ccc(C)cc3)nn12. The Balaban J connectivity index is 2.18. The third-order valence-corrected chi connectivity index (χ3v) is 3.47. The molecule has 3 aromatic rings. The number of nitrogen functional groups attached to an aromatic ring is 1. The zero-order chi connectivity index (χ0) is 13.4. The molecule has 0 aliphatic rings. The van der Waals surface area contributed by atoms with Gasteiger partial charge >= 0.3 is 0 Å². The number of thioether (sulfide) groups is 1. The summed E-state index contributed by atoms with van der Waals surface area (Å²) in [5.74, 6) is 0.271. The first-order chi connectivity index (χ1) is 9.17. The summed E-state index contributed by atoms with van der Waals surface area (Å²) in [5.41, 5.74) is 9.56. The van der Waals surface area contributed by atoms with Crippen LogP contribution >= 0.6 is 11.8 Å². The maximum absolute atomic E-state index is 5.69. The van der Waals surface area contributed by atoms with E-state index in [4.69, 9.17) is 5.73 Å². The minimum atomic E-state index is 0.271. The molecule has 0 saturated carbocycles. The quantitative estimate of drug-likeness (QED) is 0.725. The number of fused-ring (bicyclic) bond motifs is 1. The zero-order valence-electron chi connectivity index (χ0n) is 10.7. The molecule has 2 heterocycles. The second-order valence-corrected chi connectivity index (χ2v) is 5.01. The molecular formula is C13H13N5S. The van der Waals surface area contributed by atoms with Gasteiger partial charge in [-0.3, -0.25) is 0 Å². The van der Waals surface area contributed by atoms with E-state index in [1.165, 1.54) is 17.3 Å². The van der Waals surface area contributed by atoms with Crippen molar-refractivity contribution < 1.29 is 0 Å². The lowest BCUT2D eigenvalue weighted by Crippen LogP contribution is -2.03. The van der Waals surface area contributed by atoms with Crippen molar-refractivity contribution in [3.8, 4) is 11.3 Å². The van der Waals surface area contributed by atoms with E-state index in [9.17, 15) is 0 Å². The molecule has 3 rings (SSSR count). The number of aryl methyl sites for hydroxylation is 1. The van der Waals surface area contributed by atoms with Crippen LogP contribution in [0.25, 0.3) is 16.9 Å². The van der Waals surface area contributed by atoms with Gasteiger partial charge in [0.15, 0.2) is 10.8 Å². The highest BCUT2D eigenvalue weighted by Crippen LogP contribution is 2.22. The highest BCUT2D eigenvalue weighted by molar-refractivity contribution is 7.98.